The molecule has 0 bridgehead atoms. The van der Waals surface area contributed by atoms with Crippen molar-refractivity contribution in [1.29, 1.82) is 0 Å². The average molecular weight is 217 g/mol. The number of rotatable bonds is 4. The van der Waals surface area contributed by atoms with E-state index in [1.165, 1.54) is 0 Å². The molecule has 1 heterocycles. The standard InChI is InChI=1S/C9H20N3OP/c1-11-5-7-12(8-6-11)4-2-3-10-9(13)14/h2-8,14H2,1H3,(H,10,13). The molecule has 1 amide bonds. The third-order valence-electron chi connectivity index (χ3n) is 2.55. The molecule has 1 unspecified atom stereocenters. The predicted octanol–water partition coefficient (Wildman–Crippen LogP) is 0.209. The van der Waals surface area contributed by atoms with Crippen LogP contribution in [0.15, 0.2) is 0 Å². The molecule has 0 aromatic rings. The van der Waals surface area contributed by atoms with Gasteiger partial charge in [0.2, 0.25) is 5.65 Å². The maximum Gasteiger partial charge on any atom is 0.234 e. The molecule has 14 heavy (non-hydrogen) atoms. The van der Waals surface area contributed by atoms with Crippen molar-refractivity contribution in [3.8, 4) is 0 Å². The fraction of sp³-hybridized carbons (Fsp3) is 0.889. The van der Waals surface area contributed by atoms with Crippen molar-refractivity contribution in [2.24, 2.45) is 0 Å². The summed E-state index contributed by atoms with van der Waals surface area (Å²) in [4.78, 5) is 15.4. The Morgan fingerprint density at radius 3 is 2.57 bits per heavy atom. The highest BCUT2D eigenvalue weighted by Gasteiger charge is 2.12. The average Bonchev–Trinajstić information content (AvgIpc) is 2.15. The molecular formula is C9H20N3OP. The molecule has 0 aliphatic carbocycles. The number of carbonyl (C=O) groups excluding carboxylic acids is 1. The van der Waals surface area contributed by atoms with Gasteiger partial charge in [-0.05, 0) is 29.3 Å². The fourth-order valence-electron chi connectivity index (χ4n) is 1.59. The van der Waals surface area contributed by atoms with Crippen LogP contribution in [0.5, 0.6) is 0 Å². The normalized spacial score (nSPS) is 19.6. The van der Waals surface area contributed by atoms with Crippen LogP contribution in [0.25, 0.3) is 0 Å². The van der Waals surface area contributed by atoms with Crippen LogP contribution < -0.4 is 5.32 Å². The Hall–Kier alpha value is -0.180. The monoisotopic (exact) mass is 217 g/mol. The van der Waals surface area contributed by atoms with Crippen LogP contribution in [-0.4, -0.2) is 61.8 Å². The van der Waals surface area contributed by atoms with Crippen LogP contribution in [0.4, 0.5) is 4.79 Å². The van der Waals surface area contributed by atoms with Crippen LogP contribution in [0.3, 0.4) is 0 Å². The molecule has 0 radical (unpaired) electrons. The van der Waals surface area contributed by atoms with Gasteiger partial charge in [-0.1, -0.05) is 0 Å². The summed E-state index contributed by atoms with van der Waals surface area (Å²) >= 11 is 0. The van der Waals surface area contributed by atoms with E-state index in [9.17, 15) is 4.79 Å². The van der Waals surface area contributed by atoms with Crippen molar-refractivity contribution in [3.63, 3.8) is 0 Å². The highest BCUT2D eigenvalue weighted by Crippen LogP contribution is 1.99. The molecule has 1 rings (SSSR count). The Morgan fingerprint density at radius 1 is 1.36 bits per heavy atom. The van der Waals surface area contributed by atoms with E-state index < -0.39 is 0 Å². The second kappa shape index (κ2) is 6.33. The highest BCUT2D eigenvalue weighted by molar-refractivity contribution is 7.39. The van der Waals surface area contributed by atoms with Crippen LogP contribution in [-0.2, 0) is 0 Å². The second-order valence-corrected chi connectivity index (χ2v) is 4.31. The van der Waals surface area contributed by atoms with Crippen molar-refractivity contribution in [1.82, 2.24) is 15.1 Å². The molecule has 0 aromatic heterocycles. The van der Waals surface area contributed by atoms with E-state index in [2.05, 4.69) is 31.4 Å². The first-order chi connectivity index (χ1) is 6.68. The summed E-state index contributed by atoms with van der Waals surface area (Å²) in [6.45, 7) is 6.52. The maximum absolute atomic E-state index is 10.6. The Kier molecular flexibility index (Phi) is 5.38. The minimum atomic E-state index is -0.0108. The number of carbonyl (C=O) groups is 1. The molecule has 1 aliphatic rings. The molecule has 1 atom stereocenters. The van der Waals surface area contributed by atoms with E-state index in [0.29, 0.717) is 0 Å². The summed E-state index contributed by atoms with van der Waals surface area (Å²) in [6, 6.07) is 0. The van der Waals surface area contributed by atoms with Gasteiger partial charge in [-0.3, -0.25) is 4.79 Å². The van der Waals surface area contributed by atoms with Crippen molar-refractivity contribution in [2.75, 3.05) is 46.3 Å². The lowest BCUT2D eigenvalue weighted by Gasteiger charge is -2.32. The van der Waals surface area contributed by atoms with E-state index in [4.69, 9.17) is 0 Å². The lowest BCUT2D eigenvalue weighted by Crippen LogP contribution is -2.45. The van der Waals surface area contributed by atoms with Gasteiger partial charge < -0.3 is 15.1 Å². The molecule has 1 fully saturated rings. The minimum absolute atomic E-state index is 0.0108. The first-order valence-electron chi connectivity index (χ1n) is 5.12. The Labute approximate surface area is 88.2 Å². The summed E-state index contributed by atoms with van der Waals surface area (Å²) < 4.78 is 0. The van der Waals surface area contributed by atoms with Gasteiger partial charge in [0.1, 0.15) is 0 Å². The summed E-state index contributed by atoms with van der Waals surface area (Å²) in [5.41, 5.74) is -0.0108. The van der Waals surface area contributed by atoms with Crippen LogP contribution in [0.1, 0.15) is 6.42 Å². The van der Waals surface area contributed by atoms with Crippen LogP contribution in [0.2, 0.25) is 0 Å². The topological polar surface area (TPSA) is 35.6 Å². The van der Waals surface area contributed by atoms with E-state index in [1.54, 1.807) is 0 Å². The quantitative estimate of drug-likeness (QED) is 0.540. The summed E-state index contributed by atoms with van der Waals surface area (Å²) in [7, 11) is 4.29. The molecule has 0 aromatic carbocycles. The predicted molar refractivity (Wildman–Crippen MR) is 61.7 cm³/mol. The number of hydrogen-bond donors (Lipinski definition) is 1. The molecular weight excluding hydrogens is 197 g/mol. The van der Waals surface area contributed by atoms with Gasteiger partial charge in [0.05, 0.1) is 0 Å². The maximum atomic E-state index is 10.6. The lowest BCUT2D eigenvalue weighted by atomic mass is 10.3. The summed E-state index contributed by atoms with van der Waals surface area (Å²) in [6.07, 6.45) is 1.05. The number of nitrogens with zero attached hydrogens (tertiary/aromatic N) is 2. The molecule has 1 aliphatic heterocycles. The smallest absolute Gasteiger partial charge is 0.234 e. The van der Waals surface area contributed by atoms with E-state index >= 15 is 0 Å². The van der Waals surface area contributed by atoms with Gasteiger partial charge in [-0.2, -0.15) is 0 Å². The molecule has 5 heteroatoms. The van der Waals surface area contributed by atoms with E-state index in [-0.39, 0.29) is 5.65 Å². The largest absolute Gasteiger partial charge is 0.353 e. The number of nitrogens with one attached hydrogen (secondary N) is 1. The molecule has 4 nitrogen and oxygen atoms in total. The molecule has 1 N–H and O–H groups in total. The third-order valence-corrected chi connectivity index (χ3v) is 2.75. The van der Waals surface area contributed by atoms with Crippen molar-refractivity contribution < 1.29 is 4.79 Å². The third kappa shape index (κ3) is 4.89. The van der Waals surface area contributed by atoms with E-state index in [0.717, 1.165) is 45.7 Å². The highest BCUT2D eigenvalue weighted by atomic mass is 31.0. The number of hydrogen-bond acceptors (Lipinski definition) is 3. The van der Waals surface area contributed by atoms with Gasteiger partial charge in [-0.15, -0.1) is 0 Å². The Balaban J connectivity index is 1.99. The zero-order chi connectivity index (χ0) is 10.4. The summed E-state index contributed by atoms with van der Waals surface area (Å²) in [5, 5.41) is 2.78. The SMILES string of the molecule is CN1CCN(CCCNC(=O)P)CC1. The van der Waals surface area contributed by atoms with E-state index in [1.807, 2.05) is 0 Å². The number of amides is 1. The van der Waals surface area contributed by atoms with Crippen molar-refractivity contribution in [2.45, 2.75) is 6.42 Å². The number of likely N-dealkylation sites (N-methyl/N-ethyl adjacent to an activating group) is 1. The molecule has 82 valence electrons. The van der Waals surface area contributed by atoms with Crippen molar-refractivity contribution in [3.05, 3.63) is 0 Å². The Morgan fingerprint density at radius 2 is 2.00 bits per heavy atom. The fourth-order valence-corrected chi connectivity index (χ4v) is 1.73. The molecule has 1 saturated heterocycles. The lowest BCUT2D eigenvalue weighted by molar-refractivity contribution is 0.153. The van der Waals surface area contributed by atoms with Gasteiger partial charge in [0.25, 0.3) is 0 Å². The first-order valence-corrected chi connectivity index (χ1v) is 5.70. The van der Waals surface area contributed by atoms with Gasteiger partial charge >= 0.3 is 0 Å². The second-order valence-electron chi connectivity index (χ2n) is 3.79. The van der Waals surface area contributed by atoms with Crippen LogP contribution >= 0.6 is 9.24 Å². The number of piperazine rings is 1. The van der Waals surface area contributed by atoms with Gasteiger partial charge in [0.15, 0.2) is 0 Å². The van der Waals surface area contributed by atoms with Gasteiger partial charge in [0, 0.05) is 32.7 Å². The zero-order valence-corrected chi connectivity index (χ0v) is 9.98. The Bertz CT molecular complexity index is 181. The van der Waals surface area contributed by atoms with Crippen molar-refractivity contribution >= 4 is 14.9 Å². The van der Waals surface area contributed by atoms with Crippen LogP contribution in [0, 0.1) is 0 Å². The zero-order valence-electron chi connectivity index (χ0n) is 8.83. The minimum Gasteiger partial charge on any atom is -0.353 e. The molecule has 0 spiro atoms. The summed E-state index contributed by atoms with van der Waals surface area (Å²) in [5.74, 6) is 0. The molecule has 0 saturated carbocycles. The van der Waals surface area contributed by atoms with Gasteiger partial charge in [-0.25, -0.2) is 0 Å². The first kappa shape index (κ1) is 11.9.